The highest BCUT2D eigenvalue weighted by Gasteiger charge is 2.21. The van der Waals surface area contributed by atoms with Crippen molar-refractivity contribution in [3.05, 3.63) is 71.9 Å². The fourth-order valence-electron chi connectivity index (χ4n) is 4.31. The van der Waals surface area contributed by atoms with Gasteiger partial charge in [-0.2, -0.15) is 0 Å². The van der Waals surface area contributed by atoms with Crippen LogP contribution in [0.2, 0.25) is 0 Å². The summed E-state index contributed by atoms with van der Waals surface area (Å²) >= 11 is 0. The van der Waals surface area contributed by atoms with Gasteiger partial charge in [-0.15, -0.1) is 0 Å². The lowest BCUT2D eigenvalue weighted by atomic mass is 10.0. The van der Waals surface area contributed by atoms with Crippen molar-refractivity contribution in [3.8, 4) is 11.1 Å². The summed E-state index contributed by atoms with van der Waals surface area (Å²) in [5.41, 5.74) is 7.33. The Hall–Kier alpha value is -3.01. The molecule has 0 bridgehead atoms. The number of piperidine rings is 1. The van der Waals surface area contributed by atoms with E-state index in [0.29, 0.717) is 0 Å². The van der Waals surface area contributed by atoms with Crippen molar-refractivity contribution >= 4 is 17.2 Å². The first-order valence-electron chi connectivity index (χ1n) is 10.8. The largest absolute Gasteiger partial charge is 0.360 e. The lowest BCUT2D eigenvalue weighted by Gasteiger charge is -2.27. The van der Waals surface area contributed by atoms with E-state index in [1.54, 1.807) is 0 Å². The number of hydrogen-bond acceptors (Lipinski definition) is 4. The molecule has 1 fully saturated rings. The first-order chi connectivity index (χ1) is 14.3. The second-order valence-corrected chi connectivity index (χ2v) is 8.03. The molecule has 0 aliphatic carbocycles. The molecular weight excluding hydrogens is 356 g/mol. The van der Waals surface area contributed by atoms with Crippen molar-refractivity contribution in [1.82, 2.24) is 4.98 Å². The van der Waals surface area contributed by atoms with E-state index in [-0.39, 0.29) is 6.17 Å². The molecule has 1 saturated heterocycles. The number of rotatable bonds is 4. The summed E-state index contributed by atoms with van der Waals surface area (Å²) in [7, 11) is 0. The van der Waals surface area contributed by atoms with Gasteiger partial charge in [-0.1, -0.05) is 37.3 Å². The first kappa shape index (κ1) is 18.0. The summed E-state index contributed by atoms with van der Waals surface area (Å²) in [6, 6.07) is 19.7. The Morgan fingerprint density at radius 2 is 1.62 bits per heavy atom. The molecule has 29 heavy (non-hydrogen) atoms. The number of anilines is 3. The van der Waals surface area contributed by atoms with Crippen LogP contribution < -0.4 is 15.5 Å². The summed E-state index contributed by atoms with van der Waals surface area (Å²) < 4.78 is 0. The van der Waals surface area contributed by atoms with Crippen molar-refractivity contribution in [3.63, 3.8) is 0 Å². The van der Waals surface area contributed by atoms with Crippen LogP contribution in [0.25, 0.3) is 11.1 Å². The molecule has 4 nitrogen and oxygen atoms in total. The number of aromatic nitrogens is 1. The molecule has 1 atom stereocenters. The van der Waals surface area contributed by atoms with Crippen LogP contribution in [0.3, 0.4) is 0 Å². The predicted molar refractivity (Wildman–Crippen MR) is 122 cm³/mol. The normalized spacial score (nSPS) is 18.1. The van der Waals surface area contributed by atoms with Crippen molar-refractivity contribution < 1.29 is 0 Å². The van der Waals surface area contributed by atoms with E-state index >= 15 is 0 Å². The van der Waals surface area contributed by atoms with Gasteiger partial charge in [0.25, 0.3) is 0 Å². The molecule has 5 rings (SSSR count). The lowest BCUT2D eigenvalue weighted by molar-refractivity contribution is 0.573. The number of pyridine rings is 1. The third-order valence-electron chi connectivity index (χ3n) is 6.10. The summed E-state index contributed by atoms with van der Waals surface area (Å²) in [5.74, 6) is 1.11. The maximum Gasteiger partial charge on any atom is 0.128 e. The summed E-state index contributed by atoms with van der Waals surface area (Å²) in [6.45, 7) is 4.45. The van der Waals surface area contributed by atoms with Crippen LogP contribution in [0.4, 0.5) is 17.2 Å². The van der Waals surface area contributed by atoms with Gasteiger partial charge in [0, 0.05) is 24.8 Å². The molecule has 0 spiro atoms. The van der Waals surface area contributed by atoms with E-state index < -0.39 is 0 Å². The van der Waals surface area contributed by atoms with Gasteiger partial charge in [0.1, 0.15) is 12.0 Å². The standard InChI is InChI=1S/C25H28N4/c1-2-18-6-12-22-23(16-18)28-25(27-22)20-9-7-19(8-10-20)21-11-13-24(26-17-21)29-14-4-3-5-15-29/h6-13,16-17,25,27-28H,2-5,14-15H2,1H3. The fraction of sp³-hybridized carbons (Fsp3) is 0.320. The maximum absolute atomic E-state index is 4.72. The van der Waals surface area contributed by atoms with Crippen molar-refractivity contribution in [2.45, 2.75) is 38.8 Å². The van der Waals surface area contributed by atoms with Crippen molar-refractivity contribution in [1.29, 1.82) is 0 Å². The molecule has 1 aromatic heterocycles. The van der Waals surface area contributed by atoms with Crippen molar-refractivity contribution in [2.75, 3.05) is 28.6 Å². The first-order valence-corrected chi connectivity index (χ1v) is 10.8. The number of hydrogen-bond donors (Lipinski definition) is 2. The van der Waals surface area contributed by atoms with Crippen LogP contribution in [0.15, 0.2) is 60.8 Å². The van der Waals surface area contributed by atoms with Gasteiger partial charge in [-0.05, 0) is 66.6 Å². The highest BCUT2D eigenvalue weighted by molar-refractivity contribution is 5.76. The van der Waals surface area contributed by atoms with Crippen molar-refractivity contribution in [2.24, 2.45) is 0 Å². The Morgan fingerprint density at radius 1 is 0.862 bits per heavy atom. The second kappa shape index (κ2) is 7.78. The minimum absolute atomic E-state index is 0.116. The van der Waals surface area contributed by atoms with Gasteiger partial charge in [0.05, 0.1) is 11.4 Å². The van der Waals surface area contributed by atoms with Gasteiger partial charge in [-0.25, -0.2) is 4.98 Å². The summed E-state index contributed by atoms with van der Waals surface area (Å²) in [4.78, 5) is 7.12. The van der Waals surface area contributed by atoms with E-state index in [1.165, 1.54) is 52.9 Å². The van der Waals surface area contributed by atoms with Gasteiger partial charge in [0.2, 0.25) is 0 Å². The average molecular weight is 385 g/mol. The molecule has 2 aliphatic rings. The monoisotopic (exact) mass is 384 g/mol. The lowest BCUT2D eigenvalue weighted by Crippen LogP contribution is -2.29. The second-order valence-electron chi connectivity index (χ2n) is 8.03. The Kier molecular flexibility index (Phi) is 4.84. The molecule has 3 heterocycles. The maximum atomic E-state index is 4.72. The third kappa shape index (κ3) is 3.67. The summed E-state index contributed by atoms with van der Waals surface area (Å²) in [5, 5.41) is 7.18. The molecule has 0 saturated carbocycles. The predicted octanol–water partition coefficient (Wildman–Crippen LogP) is 5.84. The third-order valence-corrected chi connectivity index (χ3v) is 6.10. The minimum atomic E-state index is 0.116. The fourth-order valence-corrected chi connectivity index (χ4v) is 4.31. The molecule has 0 radical (unpaired) electrons. The van der Waals surface area contributed by atoms with E-state index in [1.807, 2.05) is 6.20 Å². The Bertz CT molecular complexity index is 973. The zero-order valence-electron chi connectivity index (χ0n) is 17.0. The van der Waals surface area contributed by atoms with Crippen LogP contribution in [0.5, 0.6) is 0 Å². The molecule has 1 unspecified atom stereocenters. The molecule has 148 valence electrons. The van der Waals surface area contributed by atoms with Gasteiger partial charge < -0.3 is 15.5 Å². The number of aryl methyl sites for hydroxylation is 1. The SMILES string of the molecule is CCc1ccc2c(c1)NC(c1ccc(-c3ccc(N4CCCCC4)nc3)cc1)N2. The summed E-state index contributed by atoms with van der Waals surface area (Å²) in [6.07, 6.45) is 7.07. The van der Waals surface area contributed by atoms with Gasteiger partial charge >= 0.3 is 0 Å². The topological polar surface area (TPSA) is 40.2 Å². The Morgan fingerprint density at radius 3 is 2.34 bits per heavy atom. The smallest absolute Gasteiger partial charge is 0.128 e. The molecule has 2 aliphatic heterocycles. The van der Waals surface area contributed by atoms with Crippen LogP contribution >= 0.6 is 0 Å². The molecule has 4 heteroatoms. The zero-order chi connectivity index (χ0) is 19.6. The highest BCUT2D eigenvalue weighted by atomic mass is 15.2. The quantitative estimate of drug-likeness (QED) is 0.593. The number of nitrogens with one attached hydrogen (secondary N) is 2. The molecule has 0 amide bonds. The molecule has 3 aromatic rings. The highest BCUT2D eigenvalue weighted by Crippen LogP contribution is 2.36. The van der Waals surface area contributed by atoms with E-state index in [4.69, 9.17) is 4.98 Å². The van der Waals surface area contributed by atoms with Crippen LogP contribution in [-0.2, 0) is 6.42 Å². The molecule has 2 aromatic carbocycles. The molecule has 2 N–H and O–H groups in total. The number of benzene rings is 2. The van der Waals surface area contributed by atoms with E-state index in [2.05, 4.69) is 77.1 Å². The minimum Gasteiger partial charge on any atom is -0.360 e. The Balaban J connectivity index is 1.29. The zero-order valence-corrected chi connectivity index (χ0v) is 17.0. The molecular formula is C25H28N4. The van der Waals surface area contributed by atoms with Gasteiger partial charge in [0.15, 0.2) is 0 Å². The van der Waals surface area contributed by atoms with Crippen LogP contribution in [-0.4, -0.2) is 18.1 Å². The number of nitrogens with zero attached hydrogens (tertiary/aromatic N) is 2. The Labute approximate surface area is 173 Å². The average Bonchev–Trinajstić information content (AvgIpc) is 3.23. The van der Waals surface area contributed by atoms with Crippen LogP contribution in [0.1, 0.15) is 43.5 Å². The number of fused-ring (bicyclic) bond motifs is 1. The van der Waals surface area contributed by atoms with E-state index in [9.17, 15) is 0 Å². The van der Waals surface area contributed by atoms with Crippen LogP contribution in [0, 0.1) is 0 Å². The van der Waals surface area contributed by atoms with Gasteiger partial charge in [-0.3, -0.25) is 0 Å². The van der Waals surface area contributed by atoms with E-state index in [0.717, 1.165) is 25.3 Å².